The standard InChI is InChI=1S/5C15H21N3O.C14H20N4O2/c1-10(2)17-8-12-6-13(9-17)18(12)15(19)14-7-16-5-4-11(14)3;1-10(2)17-8-13-6-14(9-17)18(13)15(19)12-5-4-11(3)16-7-12;1-10(2)17-8-12-7-13(9-17)18(12)15(19)14-6-11(3)4-5-16-14;1-10(2)17-8-12-7-13(9-17)18(12)15(19)14-5-4-6-16-11(14)3;1-10(2)17-8-12-7-13(9-17)18(12)15(19)14-6-4-5-11(3)16-14;1-9(2)17-7-10-6-11(8-17)18(10)14(19)12-4-5-13(20-3)16-15-12/h4-5,7,10,12-13H,6,8-9H2,1-3H3;4-5,7,10,13-14H,6,8-9H2,1-3H3;3*4-6,10,12-13H,7-9H2,1-3H3;4-5,9-11H,6-8H2,1-3H3. The van der Waals surface area contributed by atoms with E-state index in [1.807, 2.05) is 110 Å². The van der Waals surface area contributed by atoms with Gasteiger partial charge in [0, 0.05) is 241 Å². The summed E-state index contributed by atoms with van der Waals surface area (Å²) in [5.41, 5.74) is 8.62. The summed E-state index contributed by atoms with van der Waals surface area (Å²) in [6.07, 6.45) is 15.5. The van der Waals surface area contributed by atoms with Crippen molar-refractivity contribution in [2.45, 2.75) is 265 Å². The maximum atomic E-state index is 12.6. The largest absolute Gasteiger partial charge is 0.480 e. The average molecular weight is 1570 g/mol. The van der Waals surface area contributed by atoms with Gasteiger partial charge < -0.3 is 34.1 Å². The van der Waals surface area contributed by atoms with E-state index >= 15 is 0 Å². The van der Waals surface area contributed by atoms with Crippen molar-refractivity contribution in [2.75, 3.05) is 85.6 Å². The summed E-state index contributed by atoms with van der Waals surface area (Å²) in [4.78, 5) is 123. The fourth-order valence-electron chi connectivity index (χ4n) is 19.0. The van der Waals surface area contributed by atoms with E-state index in [0.29, 0.717) is 132 Å². The van der Waals surface area contributed by atoms with Crippen molar-refractivity contribution in [1.82, 2.24) is 93.9 Å². The van der Waals surface area contributed by atoms with Crippen LogP contribution in [-0.2, 0) is 0 Å². The van der Waals surface area contributed by atoms with Crippen molar-refractivity contribution in [3.63, 3.8) is 0 Å². The number of likely N-dealkylation sites (tertiary alicyclic amines) is 12. The van der Waals surface area contributed by atoms with Crippen LogP contribution in [0.2, 0.25) is 0 Å². The first-order valence-corrected chi connectivity index (χ1v) is 42.3. The molecule has 12 atom stereocenters. The molecule has 18 heterocycles. The molecule has 6 amide bonds. The second-order valence-corrected chi connectivity index (χ2v) is 35.7. The molecule has 6 aromatic heterocycles. The normalized spacial score (nSPS) is 26.3. The molecule has 0 spiro atoms. The highest BCUT2D eigenvalue weighted by atomic mass is 16.5. The van der Waals surface area contributed by atoms with Crippen molar-refractivity contribution >= 4 is 35.4 Å². The minimum Gasteiger partial charge on any atom is -0.480 e. The highest BCUT2D eigenvalue weighted by Gasteiger charge is 2.53. The summed E-state index contributed by atoms with van der Waals surface area (Å²) in [5, 5.41) is 7.82. The summed E-state index contributed by atoms with van der Waals surface area (Å²) < 4.78 is 4.96. The smallest absolute Gasteiger partial charge is 0.274 e. The number of piperidine rings is 6. The van der Waals surface area contributed by atoms with Crippen molar-refractivity contribution in [3.8, 4) is 5.88 Å². The van der Waals surface area contributed by atoms with Gasteiger partial charge in [0.2, 0.25) is 5.88 Å². The van der Waals surface area contributed by atoms with Crippen LogP contribution in [0.1, 0.15) is 212 Å². The Kier molecular flexibility index (Phi) is 26.3. The van der Waals surface area contributed by atoms with Gasteiger partial charge in [-0.05, 0) is 228 Å². The first-order valence-electron chi connectivity index (χ1n) is 42.3. The van der Waals surface area contributed by atoms with Gasteiger partial charge in [0.1, 0.15) is 11.4 Å². The van der Waals surface area contributed by atoms with Crippen LogP contribution in [-0.4, -0.2) is 324 Å². The number of aryl methyl sites for hydroxylation is 5. The SMILES string of the molecule is COc1ccc(C(=O)N2C3CC2CN(C(C)C)C3)nn1.Cc1ccc(C(=O)N2C3CC2CN(C(C)C)C3)cn1.Cc1cccc(C(=O)N2C3CC2CN(C(C)C)C3)n1.Cc1ccnc(C(=O)N2C3CC2CN(C(C)C)C3)c1.Cc1ccncc1C(=O)N1C2CC1CN(C(C)C)C2.Cc1ncccc1C(=O)N1C2CC1CN(C(C)C)C2. The third-order valence-electron chi connectivity index (χ3n) is 26.1. The van der Waals surface area contributed by atoms with E-state index in [1.165, 1.54) is 7.11 Å². The molecule has 26 nitrogen and oxygen atoms in total. The first kappa shape index (κ1) is 84.1. The summed E-state index contributed by atoms with van der Waals surface area (Å²) in [7, 11) is 1.53. The number of rotatable bonds is 13. The molecule has 12 aliphatic heterocycles. The van der Waals surface area contributed by atoms with Crippen LogP contribution < -0.4 is 4.74 Å². The molecular formula is C89H125N19O7. The molecule has 18 rings (SSSR count). The number of ether oxygens (including phenoxy) is 1. The van der Waals surface area contributed by atoms with E-state index in [-0.39, 0.29) is 35.4 Å². The lowest BCUT2D eigenvalue weighted by atomic mass is 9.85. The van der Waals surface area contributed by atoms with E-state index in [9.17, 15) is 28.8 Å². The van der Waals surface area contributed by atoms with Gasteiger partial charge in [-0.3, -0.25) is 78.1 Å². The van der Waals surface area contributed by atoms with Gasteiger partial charge in [-0.15, -0.1) is 10.2 Å². The lowest BCUT2D eigenvalue weighted by Crippen LogP contribution is -2.70. The van der Waals surface area contributed by atoms with E-state index in [2.05, 4.69) is 162 Å². The van der Waals surface area contributed by atoms with E-state index in [4.69, 9.17) is 4.74 Å². The number of hydrogen-bond acceptors (Lipinski definition) is 20. The second-order valence-electron chi connectivity index (χ2n) is 35.7. The minimum absolute atomic E-state index is 0.00944. The number of amides is 6. The Labute approximate surface area is 681 Å². The Hall–Kier alpha value is -8.79. The third kappa shape index (κ3) is 18.3. The Bertz CT molecular complexity index is 4150. The predicted octanol–water partition coefficient (Wildman–Crippen LogP) is 9.28. The molecule has 115 heavy (non-hydrogen) atoms. The third-order valence-corrected chi connectivity index (χ3v) is 26.1. The summed E-state index contributed by atoms with van der Waals surface area (Å²) in [6.45, 7) is 48.4. The number of hydrogen-bond donors (Lipinski definition) is 0. The summed E-state index contributed by atoms with van der Waals surface area (Å²) in [6, 6.07) is 30.2. The van der Waals surface area contributed by atoms with Gasteiger partial charge in [0.15, 0.2) is 5.69 Å². The molecule has 12 aliphatic rings. The van der Waals surface area contributed by atoms with Crippen LogP contribution in [0, 0.1) is 34.6 Å². The molecular weight excluding hydrogens is 1450 g/mol. The molecule has 6 aromatic rings. The van der Waals surface area contributed by atoms with Crippen molar-refractivity contribution in [3.05, 3.63) is 166 Å². The van der Waals surface area contributed by atoms with E-state index in [1.54, 1.807) is 43.1 Å². The van der Waals surface area contributed by atoms with Crippen LogP contribution >= 0.6 is 0 Å². The van der Waals surface area contributed by atoms with Crippen LogP contribution in [0.25, 0.3) is 0 Å². The van der Waals surface area contributed by atoms with Crippen LogP contribution in [0.3, 0.4) is 0 Å². The fourth-order valence-corrected chi connectivity index (χ4v) is 19.0. The Morgan fingerprint density at radius 3 is 1.10 bits per heavy atom. The van der Waals surface area contributed by atoms with Gasteiger partial charge in [-0.2, -0.15) is 0 Å². The van der Waals surface area contributed by atoms with Gasteiger partial charge >= 0.3 is 0 Å². The summed E-state index contributed by atoms with van der Waals surface area (Å²) >= 11 is 0. The number of aromatic nitrogens is 7. The molecule has 0 aliphatic carbocycles. The lowest BCUT2D eigenvalue weighted by Gasteiger charge is -2.57. The first-order chi connectivity index (χ1) is 54.9. The van der Waals surface area contributed by atoms with Gasteiger partial charge in [0.25, 0.3) is 35.4 Å². The molecule has 12 unspecified atom stereocenters. The number of piperazine rings is 6. The number of fused-ring (bicyclic) bond motifs is 12. The van der Waals surface area contributed by atoms with Crippen molar-refractivity contribution in [1.29, 1.82) is 0 Å². The summed E-state index contributed by atoms with van der Waals surface area (Å²) in [5.74, 6) is 1.10. The monoisotopic (exact) mass is 1570 g/mol. The molecule has 0 N–H and O–H groups in total. The zero-order valence-corrected chi connectivity index (χ0v) is 71.3. The molecule has 12 bridgehead atoms. The Morgan fingerprint density at radius 2 is 0.748 bits per heavy atom. The minimum atomic E-state index is -0.00944. The van der Waals surface area contributed by atoms with Crippen LogP contribution in [0.5, 0.6) is 5.88 Å². The molecule has 26 heteroatoms. The quantitative estimate of drug-likeness (QED) is 0.105. The van der Waals surface area contributed by atoms with Gasteiger partial charge in [-0.25, -0.2) is 4.98 Å². The van der Waals surface area contributed by atoms with E-state index < -0.39 is 0 Å². The number of pyridine rings is 5. The number of methoxy groups -OCH3 is 1. The molecule has 0 radical (unpaired) electrons. The molecule has 0 aromatic carbocycles. The maximum Gasteiger partial charge on any atom is 0.274 e. The van der Waals surface area contributed by atoms with E-state index in [0.717, 1.165) is 162 Å². The Morgan fingerprint density at radius 1 is 0.348 bits per heavy atom. The zero-order chi connectivity index (χ0) is 82.1. The predicted molar refractivity (Wildman–Crippen MR) is 444 cm³/mol. The molecule has 618 valence electrons. The van der Waals surface area contributed by atoms with Crippen molar-refractivity contribution < 1.29 is 33.5 Å². The second kappa shape index (κ2) is 36.0. The highest BCUT2D eigenvalue weighted by molar-refractivity contribution is 5.98. The fraction of sp³-hybridized carbons (Fsp3) is 0.607. The zero-order valence-electron chi connectivity index (χ0n) is 71.3. The van der Waals surface area contributed by atoms with Gasteiger partial charge in [0.05, 0.1) is 23.8 Å². The maximum absolute atomic E-state index is 12.6. The number of nitrogens with zero attached hydrogens (tertiary/aromatic N) is 19. The van der Waals surface area contributed by atoms with Crippen LogP contribution in [0.4, 0.5) is 0 Å². The highest BCUT2D eigenvalue weighted by Crippen LogP contribution is 2.40. The van der Waals surface area contributed by atoms with Crippen LogP contribution in [0.15, 0.2) is 104 Å². The number of carbonyl (C=O) groups excluding carboxylic acids is 6. The lowest BCUT2D eigenvalue weighted by molar-refractivity contribution is -0.0568. The van der Waals surface area contributed by atoms with Gasteiger partial charge in [-0.1, -0.05) is 6.07 Å². The molecule has 0 saturated carbocycles. The Balaban J connectivity index is 0.000000120. The molecule has 12 fully saturated rings. The number of carbonyl (C=O) groups is 6. The average Bonchev–Trinajstić information content (AvgIpc) is 0.778. The van der Waals surface area contributed by atoms with Crippen molar-refractivity contribution in [2.24, 2.45) is 0 Å². The topological polar surface area (TPSA) is 241 Å². The molecule has 12 saturated heterocycles.